The molecule has 0 aromatic heterocycles. The van der Waals surface area contributed by atoms with Gasteiger partial charge < -0.3 is 20.6 Å². The fourth-order valence-electron chi connectivity index (χ4n) is 8.80. The Kier molecular flexibility index (Phi) is 7.50. The van der Waals surface area contributed by atoms with Gasteiger partial charge >= 0.3 is 0 Å². The molecule has 0 heterocycles. The van der Waals surface area contributed by atoms with Crippen molar-refractivity contribution in [2.24, 2.45) is 46.3 Å². The Hall–Kier alpha value is -1.00. The number of allylic oxidation sites excluding steroid dienone is 1. The molecule has 200 valence electrons. The maximum atomic E-state index is 12.1. The zero-order chi connectivity index (χ0) is 25.8. The Labute approximate surface area is 209 Å². The van der Waals surface area contributed by atoms with Gasteiger partial charge in [0.1, 0.15) is 0 Å². The lowest BCUT2D eigenvalue weighted by Crippen LogP contribution is -2.62. The van der Waals surface area contributed by atoms with Gasteiger partial charge in [0.15, 0.2) is 0 Å². The standard InChI is InChI=1S/C26H43NO7S/c1-15(4-7-23(31)27-10-11-35(32,33)34)18-5-6-19-24-20(14-22(30)26(18,19)3)25(2)9-8-17(28)12-16(25)13-21(24)29/h4,7,15-22,24,28-30H,5-6,8-14H2,1-3H3,(H,27,31)(H,32,33,34)/b7-4+/t15-,16+,17-,18-,19+,20+,21-,22+,24+,25+,26-/m1/s1. The van der Waals surface area contributed by atoms with Gasteiger partial charge in [0, 0.05) is 12.0 Å². The number of rotatable bonds is 6. The number of fused-ring (bicyclic) bond motifs is 5. The first-order chi connectivity index (χ1) is 16.3. The number of aliphatic hydroxyl groups is 3. The molecule has 0 saturated heterocycles. The van der Waals surface area contributed by atoms with E-state index in [1.807, 2.05) is 6.08 Å². The molecule has 35 heavy (non-hydrogen) atoms. The Morgan fingerprint density at radius 1 is 1.09 bits per heavy atom. The van der Waals surface area contributed by atoms with Gasteiger partial charge in [-0.1, -0.05) is 26.8 Å². The van der Waals surface area contributed by atoms with E-state index < -0.39 is 34.0 Å². The Morgan fingerprint density at radius 2 is 1.80 bits per heavy atom. The van der Waals surface area contributed by atoms with Gasteiger partial charge in [-0.05, 0) is 91.9 Å². The van der Waals surface area contributed by atoms with Gasteiger partial charge in [0.25, 0.3) is 10.1 Å². The van der Waals surface area contributed by atoms with E-state index in [4.69, 9.17) is 4.55 Å². The van der Waals surface area contributed by atoms with E-state index in [2.05, 4.69) is 26.1 Å². The molecule has 1 amide bonds. The summed E-state index contributed by atoms with van der Waals surface area (Å²) in [5.41, 5.74) is -0.320. The van der Waals surface area contributed by atoms with Crippen molar-refractivity contribution >= 4 is 16.0 Å². The third kappa shape index (κ3) is 4.96. The molecular formula is C26H43NO7S. The summed E-state index contributed by atoms with van der Waals surface area (Å²) in [6.07, 6.45) is 7.78. The first-order valence-electron chi connectivity index (χ1n) is 13.2. The topological polar surface area (TPSA) is 144 Å². The van der Waals surface area contributed by atoms with Crippen molar-refractivity contribution in [2.45, 2.75) is 84.0 Å². The van der Waals surface area contributed by atoms with Crippen LogP contribution in [0.25, 0.3) is 0 Å². The smallest absolute Gasteiger partial charge is 0.266 e. The molecule has 4 aliphatic rings. The molecule has 0 bridgehead atoms. The van der Waals surface area contributed by atoms with Crippen LogP contribution in [0.4, 0.5) is 0 Å². The lowest BCUT2D eigenvalue weighted by molar-refractivity contribution is -0.206. The van der Waals surface area contributed by atoms with E-state index in [1.165, 1.54) is 6.08 Å². The van der Waals surface area contributed by atoms with Crippen molar-refractivity contribution in [3.8, 4) is 0 Å². The van der Waals surface area contributed by atoms with Gasteiger partial charge in [-0.3, -0.25) is 9.35 Å². The third-order valence-corrected chi connectivity index (χ3v) is 11.4. The van der Waals surface area contributed by atoms with E-state index in [1.54, 1.807) is 0 Å². The summed E-state index contributed by atoms with van der Waals surface area (Å²) >= 11 is 0. The maximum absolute atomic E-state index is 12.1. The molecular weight excluding hydrogens is 470 g/mol. The predicted octanol–water partition coefficient (Wildman–Crippen LogP) is 2.14. The van der Waals surface area contributed by atoms with Gasteiger partial charge in [-0.25, -0.2) is 0 Å². The van der Waals surface area contributed by atoms with Crippen LogP contribution in [-0.4, -0.2) is 64.8 Å². The van der Waals surface area contributed by atoms with E-state index in [-0.39, 0.29) is 59.0 Å². The summed E-state index contributed by atoms with van der Waals surface area (Å²) < 4.78 is 30.4. The van der Waals surface area contributed by atoms with Crippen molar-refractivity contribution in [3.05, 3.63) is 12.2 Å². The lowest BCUT2D eigenvalue weighted by atomic mass is 9.43. The van der Waals surface area contributed by atoms with Crippen molar-refractivity contribution < 1.29 is 33.1 Å². The van der Waals surface area contributed by atoms with Gasteiger partial charge in [0.2, 0.25) is 5.91 Å². The lowest BCUT2D eigenvalue weighted by Gasteiger charge is -2.63. The number of hydrogen-bond donors (Lipinski definition) is 5. The highest BCUT2D eigenvalue weighted by molar-refractivity contribution is 7.85. The zero-order valence-corrected chi connectivity index (χ0v) is 22.0. The average Bonchev–Trinajstić information content (AvgIpc) is 3.12. The largest absolute Gasteiger partial charge is 0.393 e. The summed E-state index contributed by atoms with van der Waals surface area (Å²) in [5.74, 6) is 0.136. The Bertz CT molecular complexity index is 938. The summed E-state index contributed by atoms with van der Waals surface area (Å²) in [5, 5.41) is 35.7. The van der Waals surface area contributed by atoms with Crippen molar-refractivity contribution in [2.75, 3.05) is 12.3 Å². The molecule has 4 rings (SSSR count). The fourth-order valence-corrected chi connectivity index (χ4v) is 9.16. The number of aliphatic hydroxyl groups excluding tert-OH is 3. The second-order valence-corrected chi connectivity index (χ2v) is 13.9. The highest BCUT2D eigenvalue weighted by Gasteiger charge is 2.65. The van der Waals surface area contributed by atoms with Crippen molar-refractivity contribution in [1.29, 1.82) is 0 Å². The van der Waals surface area contributed by atoms with Crippen LogP contribution in [0.2, 0.25) is 0 Å². The molecule has 4 aliphatic carbocycles. The van der Waals surface area contributed by atoms with Gasteiger partial charge in [-0.2, -0.15) is 8.42 Å². The molecule has 0 radical (unpaired) electrons. The number of nitrogens with one attached hydrogen (secondary N) is 1. The monoisotopic (exact) mass is 513 g/mol. The van der Waals surface area contributed by atoms with Crippen LogP contribution in [-0.2, 0) is 14.9 Å². The minimum absolute atomic E-state index is 0.0254. The van der Waals surface area contributed by atoms with Crippen molar-refractivity contribution in [1.82, 2.24) is 5.32 Å². The minimum atomic E-state index is -4.12. The Balaban J connectivity index is 1.48. The molecule has 8 nitrogen and oxygen atoms in total. The second kappa shape index (κ2) is 9.71. The quantitative estimate of drug-likeness (QED) is 0.270. The van der Waals surface area contributed by atoms with Crippen molar-refractivity contribution in [3.63, 3.8) is 0 Å². The third-order valence-electron chi connectivity index (χ3n) is 10.7. The first kappa shape index (κ1) is 27.0. The van der Waals surface area contributed by atoms with Crippen LogP contribution in [0.1, 0.15) is 65.7 Å². The SMILES string of the molecule is C[C@H](/C=C/C(=O)NCCS(=O)(=O)O)[C@H]1CC[C@H]2[C@@H]3[C@H](O)C[C@@H]4C[C@H](O)CC[C@]4(C)[C@H]3C[C@H](O)[C@]12C. The van der Waals surface area contributed by atoms with Gasteiger partial charge in [0.05, 0.1) is 24.1 Å². The molecule has 0 aromatic carbocycles. The van der Waals surface area contributed by atoms with Crippen LogP contribution >= 0.6 is 0 Å². The molecule has 0 unspecified atom stereocenters. The predicted molar refractivity (Wildman–Crippen MR) is 132 cm³/mol. The molecule has 4 saturated carbocycles. The van der Waals surface area contributed by atoms with E-state index in [9.17, 15) is 28.5 Å². The summed E-state index contributed by atoms with van der Waals surface area (Å²) in [4.78, 5) is 12.1. The highest BCUT2D eigenvalue weighted by Crippen LogP contribution is 2.68. The van der Waals surface area contributed by atoms with Crippen LogP contribution < -0.4 is 5.32 Å². The molecule has 9 heteroatoms. The summed E-state index contributed by atoms with van der Waals surface area (Å²) in [7, 11) is -4.12. The second-order valence-electron chi connectivity index (χ2n) is 12.3. The molecule has 5 N–H and O–H groups in total. The molecule has 4 fully saturated rings. The first-order valence-corrected chi connectivity index (χ1v) is 14.8. The van der Waals surface area contributed by atoms with Gasteiger partial charge in [-0.15, -0.1) is 0 Å². The molecule has 0 aromatic rings. The molecule has 0 aliphatic heterocycles. The highest BCUT2D eigenvalue weighted by atomic mass is 32.2. The van der Waals surface area contributed by atoms with E-state index >= 15 is 0 Å². The van der Waals surface area contributed by atoms with E-state index in [0.29, 0.717) is 6.42 Å². The normalized spacial score (nSPS) is 46.5. The fraction of sp³-hybridized carbons (Fsp3) is 0.885. The number of carbonyl (C=O) groups is 1. The minimum Gasteiger partial charge on any atom is -0.393 e. The van der Waals surface area contributed by atoms with Crippen LogP contribution in [0.5, 0.6) is 0 Å². The van der Waals surface area contributed by atoms with Crippen LogP contribution in [0, 0.1) is 46.3 Å². The Morgan fingerprint density at radius 3 is 2.49 bits per heavy atom. The number of hydrogen-bond acceptors (Lipinski definition) is 6. The molecule has 11 atom stereocenters. The summed E-state index contributed by atoms with van der Waals surface area (Å²) in [6.45, 7) is 6.38. The van der Waals surface area contributed by atoms with Crippen LogP contribution in [0.3, 0.4) is 0 Å². The number of amides is 1. The maximum Gasteiger partial charge on any atom is 0.266 e. The van der Waals surface area contributed by atoms with E-state index in [0.717, 1.165) is 38.5 Å². The summed E-state index contributed by atoms with van der Waals surface area (Å²) in [6, 6.07) is 0. The average molecular weight is 514 g/mol. The number of carbonyl (C=O) groups excluding carboxylic acids is 1. The van der Waals surface area contributed by atoms with Crippen LogP contribution in [0.15, 0.2) is 12.2 Å². The zero-order valence-electron chi connectivity index (χ0n) is 21.1. The molecule has 0 spiro atoms.